The first-order chi connectivity index (χ1) is 6.76. The molecule has 0 radical (unpaired) electrons. The summed E-state index contributed by atoms with van der Waals surface area (Å²) in [4.78, 5) is 13.1. The van der Waals surface area contributed by atoms with Crippen LogP contribution in [0.2, 0.25) is 0 Å². The van der Waals surface area contributed by atoms with Crippen molar-refractivity contribution in [2.45, 2.75) is 6.92 Å². The molecule has 0 saturated heterocycles. The summed E-state index contributed by atoms with van der Waals surface area (Å²) in [6, 6.07) is -0.0680. The molecule has 1 N–H and O–H groups in total. The Kier molecular flexibility index (Phi) is 8.27. The molecule has 0 aromatic carbocycles. The van der Waals surface area contributed by atoms with E-state index in [1.165, 1.54) is 0 Å². The number of nitrogens with zero attached hydrogens (tertiary/aromatic N) is 1. The summed E-state index contributed by atoms with van der Waals surface area (Å²) in [5.41, 5.74) is 0. The van der Waals surface area contributed by atoms with Gasteiger partial charge in [0, 0.05) is 33.9 Å². The third kappa shape index (κ3) is 5.77. The molecule has 0 aromatic heterocycles. The summed E-state index contributed by atoms with van der Waals surface area (Å²) >= 11 is 0. The predicted molar refractivity (Wildman–Crippen MR) is 54.4 cm³/mol. The van der Waals surface area contributed by atoms with Crippen LogP contribution < -0.4 is 5.32 Å². The Morgan fingerprint density at radius 2 is 1.71 bits per heavy atom. The quantitative estimate of drug-likeness (QED) is 0.649. The minimum absolute atomic E-state index is 0.0680. The summed E-state index contributed by atoms with van der Waals surface area (Å²) in [5.74, 6) is 0. The second kappa shape index (κ2) is 8.77. The number of carbonyl (C=O) groups is 1. The highest BCUT2D eigenvalue weighted by Gasteiger charge is 2.10. The lowest BCUT2D eigenvalue weighted by molar-refractivity contribution is 0.122. The van der Waals surface area contributed by atoms with E-state index in [4.69, 9.17) is 9.47 Å². The lowest BCUT2D eigenvalue weighted by Crippen LogP contribution is -2.43. The van der Waals surface area contributed by atoms with Gasteiger partial charge in [-0.25, -0.2) is 4.79 Å². The molecule has 14 heavy (non-hydrogen) atoms. The van der Waals surface area contributed by atoms with Gasteiger partial charge < -0.3 is 19.7 Å². The van der Waals surface area contributed by atoms with E-state index in [1.807, 2.05) is 6.92 Å². The van der Waals surface area contributed by atoms with Crippen LogP contribution >= 0.6 is 0 Å². The predicted octanol–water partition coefficient (Wildman–Crippen LogP) is 0.311. The monoisotopic (exact) mass is 204 g/mol. The molecule has 0 atom stereocenters. The maximum atomic E-state index is 11.5. The molecule has 0 unspecified atom stereocenters. The average molecular weight is 204 g/mol. The summed E-state index contributed by atoms with van der Waals surface area (Å²) in [5, 5.41) is 2.74. The van der Waals surface area contributed by atoms with E-state index < -0.39 is 0 Å². The van der Waals surface area contributed by atoms with Crippen LogP contribution in [0.5, 0.6) is 0 Å². The topological polar surface area (TPSA) is 50.8 Å². The highest BCUT2D eigenvalue weighted by atomic mass is 16.5. The van der Waals surface area contributed by atoms with Crippen molar-refractivity contribution in [2.24, 2.45) is 0 Å². The third-order valence-electron chi connectivity index (χ3n) is 1.75. The maximum absolute atomic E-state index is 11.5. The minimum atomic E-state index is -0.0680. The van der Waals surface area contributed by atoms with Crippen molar-refractivity contribution < 1.29 is 14.3 Å². The summed E-state index contributed by atoms with van der Waals surface area (Å²) in [7, 11) is 3.23. The number of hydrogen-bond donors (Lipinski definition) is 1. The van der Waals surface area contributed by atoms with E-state index in [0.29, 0.717) is 32.8 Å². The summed E-state index contributed by atoms with van der Waals surface area (Å²) in [6.45, 7) is 4.79. The molecule has 0 aliphatic heterocycles. The van der Waals surface area contributed by atoms with E-state index >= 15 is 0 Å². The number of methoxy groups -OCH3 is 2. The van der Waals surface area contributed by atoms with Gasteiger partial charge in [-0.05, 0) is 6.92 Å². The number of ether oxygens (including phenoxy) is 2. The smallest absolute Gasteiger partial charge is 0.317 e. The molecule has 0 rings (SSSR count). The van der Waals surface area contributed by atoms with E-state index in [2.05, 4.69) is 5.32 Å². The van der Waals surface area contributed by atoms with Crippen molar-refractivity contribution in [1.29, 1.82) is 0 Å². The van der Waals surface area contributed by atoms with Crippen LogP contribution in [-0.2, 0) is 9.47 Å². The molecule has 0 aromatic rings. The van der Waals surface area contributed by atoms with Crippen molar-refractivity contribution >= 4 is 6.03 Å². The molecule has 2 amide bonds. The Labute approximate surface area is 85.4 Å². The zero-order valence-corrected chi connectivity index (χ0v) is 9.21. The standard InChI is InChI=1S/C9H20N2O3/c1-4-10-9(12)11(5-7-13-2)6-8-14-3/h4-8H2,1-3H3,(H,10,12). The van der Waals surface area contributed by atoms with E-state index in [-0.39, 0.29) is 6.03 Å². The SMILES string of the molecule is CCNC(=O)N(CCOC)CCOC. The van der Waals surface area contributed by atoms with Gasteiger partial charge in [0.25, 0.3) is 0 Å². The maximum Gasteiger partial charge on any atom is 0.317 e. The fraction of sp³-hybridized carbons (Fsp3) is 0.889. The fourth-order valence-electron chi connectivity index (χ4n) is 0.981. The van der Waals surface area contributed by atoms with Gasteiger partial charge in [0.15, 0.2) is 0 Å². The number of amides is 2. The van der Waals surface area contributed by atoms with Crippen LogP contribution in [0.1, 0.15) is 6.92 Å². The number of rotatable bonds is 7. The lowest BCUT2D eigenvalue weighted by Gasteiger charge is -2.21. The molecule has 0 spiro atoms. The first kappa shape index (κ1) is 13.2. The Morgan fingerprint density at radius 3 is 2.07 bits per heavy atom. The van der Waals surface area contributed by atoms with Gasteiger partial charge in [0.05, 0.1) is 13.2 Å². The van der Waals surface area contributed by atoms with Crippen LogP contribution in [0.15, 0.2) is 0 Å². The highest BCUT2D eigenvalue weighted by Crippen LogP contribution is 1.90. The normalized spacial score (nSPS) is 9.93. The molecule has 84 valence electrons. The molecule has 0 bridgehead atoms. The third-order valence-corrected chi connectivity index (χ3v) is 1.75. The van der Waals surface area contributed by atoms with Crippen LogP contribution in [0.3, 0.4) is 0 Å². The second-order valence-electron chi connectivity index (χ2n) is 2.81. The molecule has 0 aliphatic rings. The van der Waals surface area contributed by atoms with Gasteiger partial charge in [-0.15, -0.1) is 0 Å². The zero-order valence-electron chi connectivity index (χ0n) is 9.21. The van der Waals surface area contributed by atoms with E-state index in [0.717, 1.165) is 0 Å². The zero-order chi connectivity index (χ0) is 10.8. The van der Waals surface area contributed by atoms with Crippen LogP contribution in [0.25, 0.3) is 0 Å². The van der Waals surface area contributed by atoms with Crippen molar-refractivity contribution in [3.63, 3.8) is 0 Å². The van der Waals surface area contributed by atoms with E-state index in [1.54, 1.807) is 19.1 Å². The van der Waals surface area contributed by atoms with Gasteiger partial charge in [-0.2, -0.15) is 0 Å². The molecule has 5 nitrogen and oxygen atoms in total. The molecule has 0 saturated carbocycles. The lowest BCUT2D eigenvalue weighted by atomic mass is 10.5. The molecule has 0 aliphatic carbocycles. The van der Waals surface area contributed by atoms with Gasteiger partial charge in [0.1, 0.15) is 0 Å². The minimum Gasteiger partial charge on any atom is -0.383 e. The van der Waals surface area contributed by atoms with Crippen molar-refractivity contribution in [3.8, 4) is 0 Å². The Hall–Kier alpha value is -0.810. The average Bonchev–Trinajstić information content (AvgIpc) is 2.18. The van der Waals surface area contributed by atoms with Crippen LogP contribution in [-0.4, -0.2) is 58.0 Å². The molecule has 0 fully saturated rings. The molecule has 5 heteroatoms. The largest absolute Gasteiger partial charge is 0.383 e. The van der Waals surface area contributed by atoms with Crippen LogP contribution in [0, 0.1) is 0 Å². The van der Waals surface area contributed by atoms with Crippen LogP contribution in [0.4, 0.5) is 4.79 Å². The number of carbonyl (C=O) groups excluding carboxylic acids is 1. The number of nitrogens with one attached hydrogen (secondary N) is 1. The number of hydrogen-bond acceptors (Lipinski definition) is 3. The summed E-state index contributed by atoms with van der Waals surface area (Å²) in [6.07, 6.45) is 0. The summed E-state index contributed by atoms with van der Waals surface area (Å²) < 4.78 is 9.84. The Morgan fingerprint density at radius 1 is 1.21 bits per heavy atom. The number of urea groups is 1. The second-order valence-corrected chi connectivity index (χ2v) is 2.81. The van der Waals surface area contributed by atoms with Gasteiger partial charge in [-0.1, -0.05) is 0 Å². The highest BCUT2D eigenvalue weighted by molar-refractivity contribution is 5.74. The molecular formula is C9H20N2O3. The Balaban J connectivity index is 3.88. The first-order valence-electron chi connectivity index (χ1n) is 4.76. The Bertz CT molecular complexity index is 145. The van der Waals surface area contributed by atoms with Crippen molar-refractivity contribution in [2.75, 3.05) is 47.1 Å². The molecular weight excluding hydrogens is 184 g/mol. The first-order valence-corrected chi connectivity index (χ1v) is 4.76. The van der Waals surface area contributed by atoms with Crippen molar-refractivity contribution in [1.82, 2.24) is 10.2 Å². The van der Waals surface area contributed by atoms with Gasteiger partial charge in [-0.3, -0.25) is 0 Å². The fourth-order valence-corrected chi connectivity index (χ4v) is 0.981. The molecule has 0 heterocycles. The van der Waals surface area contributed by atoms with E-state index in [9.17, 15) is 4.79 Å². The van der Waals surface area contributed by atoms with Gasteiger partial charge in [0.2, 0.25) is 0 Å². The van der Waals surface area contributed by atoms with Gasteiger partial charge >= 0.3 is 6.03 Å². The van der Waals surface area contributed by atoms with Crippen molar-refractivity contribution in [3.05, 3.63) is 0 Å².